The Labute approximate surface area is 115 Å². The molecule has 1 N–H and O–H groups in total. The number of amides is 1. The van der Waals surface area contributed by atoms with E-state index in [9.17, 15) is 14.7 Å². The lowest BCUT2D eigenvalue weighted by molar-refractivity contribution is -0.142. The smallest absolute Gasteiger partial charge is 0.331 e. The largest absolute Gasteiger partial charge is 0.479 e. The molecule has 1 atom stereocenters. The quantitative estimate of drug-likeness (QED) is 0.922. The zero-order valence-electron chi connectivity index (χ0n) is 10.6. The van der Waals surface area contributed by atoms with Gasteiger partial charge in [-0.3, -0.25) is 9.78 Å². The molecule has 1 amide bonds. The molecule has 0 fully saturated rings. The number of benzene rings is 1. The minimum absolute atomic E-state index is 0.272. The first-order chi connectivity index (χ1) is 9.68. The van der Waals surface area contributed by atoms with E-state index in [1.807, 2.05) is 6.07 Å². The summed E-state index contributed by atoms with van der Waals surface area (Å²) in [5, 5.41) is 9.47. The van der Waals surface area contributed by atoms with E-state index in [1.54, 1.807) is 42.6 Å². The zero-order chi connectivity index (χ0) is 14.1. The van der Waals surface area contributed by atoms with Crippen LogP contribution in [0.25, 0.3) is 0 Å². The molecule has 3 rings (SSSR count). The predicted octanol–water partition coefficient (Wildman–Crippen LogP) is 1.86. The molecule has 5 nitrogen and oxygen atoms in total. The summed E-state index contributed by atoms with van der Waals surface area (Å²) < 4.78 is 0. The number of rotatable bonds is 3. The van der Waals surface area contributed by atoms with Crippen molar-refractivity contribution >= 4 is 11.9 Å². The lowest BCUT2D eigenvalue weighted by Crippen LogP contribution is -2.34. The van der Waals surface area contributed by atoms with Crippen LogP contribution in [0.5, 0.6) is 0 Å². The number of hydrogen-bond acceptors (Lipinski definition) is 3. The summed E-state index contributed by atoms with van der Waals surface area (Å²) in [6, 6.07) is 11.3. The molecular formula is C15H12N2O3. The first-order valence-electron chi connectivity index (χ1n) is 6.21. The van der Waals surface area contributed by atoms with Gasteiger partial charge in [0.1, 0.15) is 5.69 Å². The molecule has 0 radical (unpaired) electrons. The second-order valence-electron chi connectivity index (χ2n) is 4.60. The number of fused-ring (bicyclic) bond motifs is 1. The van der Waals surface area contributed by atoms with Gasteiger partial charge in [-0.25, -0.2) is 4.79 Å². The Morgan fingerprint density at radius 1 is 1.20 bits per heavy atom. The summed E-state index contributed by atoms with van der Waals surface area (Å²) in [6.45, 7) is 0.272. The molecule has 5 heteroatoms. The van der Waals surface area contributed by atoms with Gasteiger partial charge < -0.3 is 10.0 Å². The van der Waals surface area contributed by atoms with E-state index in [-0.39, 0.29) is 12.5 Å². The summed E-state index contributed by atoms with van der Waals surface area (Å²) in [5.41, 5.74) is 1.69. The van der Waals surface area contributed by atoms with E-state index in [2.05, 4.69) is 4.98 Å². The normalized spacial score (nSPS) is 15.0. The van der Waals surface area contributed by atoms with Crippen molar-refractivity contribution < 1.29 is 14.7 Å². The summed E-state index contributed by atoms with van der Waals surface area (Å²) in [4.78, 5) is 29.3. The standard InChI is InChI=1S/C15H12N2O3/c18-14-12-11(7-4-8-16-12)9-17(14)13(15(19)20)10-5-2-1-3-6-10/h1-8,13H,9H2,(H,19,20)/t13-/m1/s1. The molecule has 1 aromatic carbocycles. The van der Waals surface area contributed by atoms with E-state index in [0.29, 0.717) is 11.3 Å². The fourth-order valence-corrected chi connectivity index (χ4v) is 2.45. The van der Waals surface area contributed by atoms with Gasteiger partial charge in [-0.05, 0) is 11.6 Å². The van der Waals surface area contributed by atoms with Gasteiger partial charge in [-0.15, -0.1) is 0 Å². The fraction of sp³-hybridized carbons (Fsp3) is 0.133. The van der Waals surface area contributed by atoms with Crippen LogP contribution in [0.2, 0.25) is 0 Å². The Kier molecular flexibility index (Phi) is 2.95. The Morgan fingerprint density at radius 2 is 1.95 bits per heavy atom. The van der Waals surface area contributed by atoms with Crippen LogP contribution >= 0.6 is 0 Å². The average Bonchev–Trinajstić information content (AvgIpc) is 2.78. The van der Waals surface area contributed by atoms with Gasteiger partial charge in [0.05, 0.1) is 0 Å². The molecule has 2 aromatic rings. The minimum Gasteiger partial charge on any atom is -0.479 e. The van der Waals surface area contributed by atoms with Crippen molar-refractivity contribution in [3.8, 4) is 0 Å². The highest BCUT2D eigenvalue weighted by atomic mass is 16.4. The van der Waals surface area contributed by atoms with Crippen molar-refractivity contribution in [2.45, 2.75) is 12.6 Å². The predicted molar refractivity (Wildman–Crippen MR) is 70.9 cm³/mol. The lowest BCUT2D eigenvalue weighted by atomic mass is 10.1. The topological polar surface area (TPSA) is 70.5 Å². The van der Waals surface area contributed by atoms with Crippen molar-refractivity contribution in [2.24, 2.45) is 0 Å². The summed E-state index contributed by atoms with van der Waals surface area (Å²) >= 11 is 0. The Hall–Kier alpha value is -2.69. The second-order valence-corrected chi connectivity index (χ2v) is 4.60. The van der Waals surface area contributed by atoms with E-state index >= 15 is 0 Å². The van der Waals surface area contributed by atoms with Gasteiger partial charge in [-0.2, -0.15) is 0 Å². The van der Waals surface area contributed by atoms with Crippen molar-refractivity contribution in [1.29, 1.82) is 0 Å². The third-order valence-corrected chi connectivity index (χ3v) is 3.36. The van der Waals surface area contributed by atoms with Gasteiger partial charge in [0.15, 0.2) is 6.04 Å². The van der Waals surface area contributed by atoms with Crippen LogP contribution in [-0.2, 0) is 11.3 Å². The second kappa shape index (κ2) is 4.77. The number of pyridine rings is 1. The first kappa shape index (κ1) is 12.3. The third-order valence-electron chi connectivity index (χ3n) is 3.36. The molecule has 2 heterocycles. The molecule has 0 saturated heterocycles. The molecule has 0 unspecified atom stereocenters. The summed E-state index contributed by atoms with van der Waals surface area (Å²) in [5.74, 6) is -1.38. The highest BCUT2D eigenvalue weighted by Gasteiger charge is 2.37. The van der Waals surface area contributed by atoms with Crippen molar-refractivity contribution in [3.05, 3.63) is 65.5 Å². The van der Waals surface area contributed by atoms with Gasteiger partial charge in [0, 0.05) is 18.3 Å². The number of aromatic nitrogens is 1. The van der Waals surface area contributed by atoms with Crippen molar-refractivity contribution in [2.75, 3.05) is 0 Å². The Bertz CT molecular complexity index is 670. The molecule has 20 heavy (non-hydrogen) atoms. The number of carboxylic acids is 1. The lowest BCUT2D eigenvalue weighted by Gasteiger charge is -2.24. The van der Waals surface area contributed by atoms with Crippen LogP contribution < -0.4 is 0 Å². The third kappa shape index (κ3) is 1.93. The maximum absolute atomic E-state index is 12.3. The minimum atomic E-state index is -1.04. The highest BCUT2D eigenvalue weighted by molar-refractivity contribution is 5.98. The molecule has 1 aliphatic heterocycles. The molecule has 1 aromatic heterocycles. The highest BCUT2D eigenvalue weighted by Crippen LogP contribution is 2.30. The van der Waals surface area contributed by atoms with Gasteiger partial charge in [0.2, 0.25) is 0 Å². The molecule has 100 valence electrons. The number of aliphatic carboxylic acids is 1. The zero-order valence-corrected chi connectivity index (χ0v) is 10.6. The van der Waals surface area contributed by atoms with Crippen LogP contribution in [0, 0.1) is 0 Å². The van der Waals surface area contributed by atoms with Crippen LogP contribution in [0.3, 0.4) is 0 Å². The van der Waals surface area contributed by atoms with Crippen molar-refractivity contribution in [3.63, 3.8) is 0 Å². The van der Waals surface area contributed by atoms with Crippen LogP contribution in [0.15, 0.2) is 48.7 Å². The maximum atomic E-state index is 12.3. The van der Waals surface area contributed by atoms with E-state index in [0.717, 1.165) is 5.56 Å². The van der Waals surface area contributed by atoms with E-state index < -0.39 is 12.0 Å². The van der Waals surface area contributed by atoms with Gasteiger partial charge >= 0.3 is 5.97 Å². The molecule has 0 saturated carbocycles. The van der Waals surface area contributed by atoms with Crippen molar-refractivity contribution in [1.82, 2.24) is 9.88 Å². The SMILES string of the molecule is O=C(O)[C@@H](c1ccccc1)N1Cc2cccnc2C1=O. The summed E-state index contributed by atoms with van der Waals surface area (Å²) in [6.07, 6.45) is 1.54. The van der Waals surface area contributed by atoms with Crippen LogP contribution in [0.1, 0.15) is 27.7 Å². The van der Waals surface area contributed by atoms with E-state index in [4.69, 9.17) is 0 Å². The molecule has 1 aliphatic rings. The Morgan fingerprint density at radius 3 is 2.60 bits per heavy atom. The van der Waals surface area contributed by atoms with E-state index in [1.165, 1.54) is 4.90 Å². The van der Waals surface area contributed by atoms with Gasteiger partial charge in [0.25, 0.3) is 5.91 Å². The van der Waals surface area contributed by atoms with Crippen LogP contribution in [0.4, 0.5) is 0 Å². The van der Waals surface area contributed by atoms with Crippen LogP contribution in [-0.4, -0.2) is 26.9 Å². The molecule has 0 spiro atoms. The Balaban J connectivity index is 2.00. The number of carbonyl (C=O) groups is 2. The fourth-order valence-electron chi connectivity index (χ4n) is 2.45. The van der Waals surface area contributed by atoms with Gasteiger partial charge in [-0.1, -0.05) is 36.4 Å². The molecule has 0 aliphatic carbocycles. The number of hydrogen-bond donors (Lipinski definition) is 1. The molecular weight excluding hydrogens is 256 g/mol. The number of carbonyl (C=O) groups excluding carboxylic acids is 1. The number of nitrogens with zero attached hydrogens (tertiary/aromatic N) is 2. The number of carboxylic acid groups (broad SMARTS) is 1. The molecule has 0 bridgehead atoms. The first-order valence-corrected chi connectivity index (χ1v) is 6.21. The average molecular weight is 268 g/mol. The maximum Gasteiger partial charge on any atom is 0.331 e. The summed E-state index contributed by atoms with van der Waals surface area (Å²) in [7, 11) is 0. The monoisotopic (exact) mass is 268 g/mol.